The van der Waals surface area contributed by atoms with Crippen molar-refractivity contribution in [2.24, 2.45) is 5.73 Å². The second-order valence-corrected chi connectivity index (χ2v) is 2.59. The SMILES string of the molecule is NCc1cc(OCC(F)(F)F)ccn1. The minimum atomic E-state index is -4.33. The Morgan fingerprint density at radius 3 is 2.71 bits per heavy atom. The zero-order chi connectivity index (χ0) is 10.6. The Balaban J connectivity index is 2.59. The van der Waals surface area contributed by atoms with E-state index in [4.69, 9.17) is 5.73 Å². The topological polar surface area (TPSA) is 48.1 Å². The average molecular weight is 206 g/mol. The van der Waals surface area contributed by atoms with E-state index >= 15 is 0 Å². The van der Waals surface area contributed by atoms with Gasteiger partial charge in [-0.2, -0.15) is 13.2 Å². The summed E-state index contributed by atoms with van der Waals surface area (Å²) in [5.74, 6) is 0.123. The fourth-order valence-electron chi connectivity index (χ4n) is 0.823. The molecule has 78 valence electrons. The van der Waals surface area contributed by atoms with Gasteiger partial charge in [-0.3, -0.25) is 4.98 Å². The number of alkyl halides is 3. The first-order valence-corrected chi connectivity index (χ1v) is 3.86. The van der Waals surface area contributed by atoms with Crippen molar-refractivity contribution < 1.29 is 17.9 Å². The largest absolute Gasteiger partial charge is 0.484 e. The molecule has 0 aliphatic carbocycles. The van der Waals surface area contributed by atoms with Crippen LogP contribution in [0.2, 0.25) is 0 Å². The Morgan fingerprint density at radius 2 is 2.14 bits per heavy atom. The maximum Gasteiger partial charge on any atom is 0.422 e. The van der Waals surface area contributed by atoms with Crippen molar-refractivity contribution >= 4 is 0 Å². The van der Waals surface area contributed by atoms with Crippen LogP contribution < -0.4 is 10.5 Å². The molecule has 0 aliphatic heterocycles. The third-order valence-electron chi connectivity index (χ3n) is 1.40. The quantitative estimate of drug-likeness (QED) is 0.814. The molecular formula is C8H9F3N2O. The van der Waals surface area contributed by atoms with Crippen LogP contribution in [0.15, 0.2) is 18.3 Å². The molecule has 0 amide bonds. The Morgan fingerprint density at radius 1 is 1.43 bits per heavy atom. The molecule has 1 aromatic rings. The van der Waals surface area contributed by atoms with Crippen molar-refractivity contribution in [3.63, 3.8) is 0 Å². The molecule has 1 rings (SSSR count). The number of hydrogen-bond donors (Lipinski definition) is 1. The molecule has 0 saturated carbocycles. The van der Waals surface area contributed by atoms with E-state index in [-0.39, 0.29) is 12.3 Å². The van der Waals surface area contributed by atoms with Crippen LogP contribution in [0.4, 0.5) is 13.2 Å². The molecule has 1 heterocycles. The van der Waals surface area contributed by atoms with E-state index in [0.29, 0.717) is 5.69 Å². The van der Waals surface area contributed by atoms with Crippen molar-refractivity contribution in [3.8, 4) is 5.75 Å². The lowest BCUT2D eigenvalue weighted by atomic mass is 10.3. The third kappa shape index (κ3) is 3.61. The number of pyridine rings is 1. The monoisotopic (exact) mass is 206 g/mol. The molecule has 0 unspecified atom stereocenters. The maximum atomic E-state index is 11.8. The molecular weight excluding hydrogens is 197 g/mol. The second-order valence-electron chi connectivity index (χ2n) is 2.59. The minimum absolute atomic E-state index is 0.123. The highest BCUT2D eigenvalue weighted by atomic mass is 19.4. The van der Waals surface area contributed by atoms with Gasteiger partial charge in [0.15, 0.2) is 6.61 Å². The molecule has 14 heavy (non-hydrogen) atoms. The van der Waals surface area contributed by atoms with Crippen LogP contribution >= 0.6 is 0 Å². The number of ether oxygens (including phenoxy) is 1. The molecule has 0 spiro atoms. The number of halogens is 3. The molecule has 0 radical (unpaired) electrons. The van der Waals surface area contributed by atoms with E-state index in [1.54, 1.807) is 0 Å². The molecule has 0 saturated heterocycles. The summed E-state index contributed by atoms with van der Waals surface area (Å²) in [5.41, 5.74) is 5.75. The molecule has 3 nitrogen and oxygen atoms in total. The van der Waals surface area contributed by atoms with Crippen LogP contribution in [0.25, 0.3) is 0 Å². The van der Waals surface area contributed by atoms with Gasteiger partial charge >= 0.3 is 6.18 Å². The van der Waals surface area contributed by atoms with E-state index in [0.717, 1.165) is 0 Å². The maximum absolute atomic E-state index is 11.8. The third-order valence-corrected chi connectivity index (χ3v) is 1.40. The average Bonchev–Trinajstić information content (AvgIpc) is 2.14. The number of nitrogens with zero attached hydrogens (tertiary/aromatic N) is 1. The van der Waals surface area contributed by atoms with Crippen LogP contribution in [0.5, 0.6) is 5.75 Å². The Labute approximate surface area is 78.7 Å². The highest BCUT2D eigenvalue weighted by molar-refractivity contribution is 5.22. The summed E-state index contributed by atoms with van der Waals surface area (Å²) in [6.07, 6.45) is -2.97. The molecule has 0 fully saturated rings. The van der Waals surface area contributed by atoms with Gasteiger partial charge in [0.1, 0.15) is 5.75 Å². The lowest BCUT2D eigenvalue weighted by molar-refractivity contribution is -0.153. The van der Waals surface area contributed by atoms with E-state index in [2.05, 4.69) is 9.72 Å². The van der Waals surface area contributed by atoms with Crippen LogP contribution in [0.1, 0.15) is 5.69 Å². The first-order chi connectivity index (χ1) is 6.51. The van der Waals surface area contributed by atoms with Crippen LogP contribution in [0, 0.1) is 0 Å². The molecule has 2 N–H and O–H groups in total. The van der Waals surface area contributed by atoms with Gasteiger partial charge in [-0.05, 0) is 6.07 Å². The summed E-state index contributed by atoms with van der Waals surface area (Å²) in [5, 5.41) is 0. The smallest absolute Gasteiger partial charge is 0.422 e. The van der Waals surface area contributed by atoms with Crippen molar-refractivity contribution in [3.05, 3.63) is 24.0 Å². The molecule has 0 bridgehead atoms. The predicted molar refractivity (Wildman–Crippen MR) is 43.7 cm³/mol. The molecule has 0 aromatic carbocycles. The zero-order valence-electron chi connectivity index (χ0n) is 7.21. The van der Waals surface area contributed by atoms with E-state index in [1.807, 2.05) is 0 Å². The van der Waals surface area contributed by atoms with Crippen molar-refractivity contribution in [1.29, 1.82) is 0 Å². The number of rotatable bonds is 3. The summed E-state index contributed by atoms with van der Waals surface area (Å²) >= 11 is 0. The van der Waals surface area contributed by atoms with Gasteiger partial charge in [-0.1, -0.05) is 0 Å². The number of aromatic nitrogens is 1. The van der Waals surface area contributed by atoms with Gasteiger partial charge in [0, 0.05) is 18.8 Å². The lowest BCUT2D eigenvalue weighted by Crippen LogP contribution is -2.19. The lowest BCUT2D eigenvalue weighted by Gasteiger charge is -2.09. The Bertz CT molecular complexity index is 301. The second kappa shape index (κ2) is 4.28. The Kier molecular flexibility index (Phi) is 3.29. The normalized spacial score (nSPS) is 11.4. The first-order valence-electron chi connectivity index (χ1n) is 3.86. The van der Waals surface area contributed by atoms with Crippen LogP contribution in [-0.4, -0.2) is 17.8 Å². The zero-order valence-corrected chi connectivity index (χ0v) is 7.21. The van der Waals surface area contributed by atoms with Gasteiger partial charge in [0.25, 0.3) is 0 Å². The van der Waals surface area contributed by atoms with E-state index in [1.165, 1.54) is 18.3 Å². The molecule has 0 aliphatic rings. The van der Waals surface area contributed by atoms with E-state index in [9.17, 15) is 13.2 Å². The van der Waals surface area contributed by atoms with Crippen LogP contribution in [0.3, 0.4) is 0 Å². The van der Waals surface area contributed by atoms with Gasteiger partial charge in [-0.15, -0.1) is 0 Å². The molecule has 0 atom stereocenters. The highest BCUT2D eigenvalue weighted by Crippen LogP contribution is 2.18. The van der Waals surface area contributed by atoms with Gasteiger partial charge < -0.3 is 10.5 Å². The molecule has 1 aromatic heterocycles. The summed E-state index contributed by atoms with van der Waals surface area (Å²) in [7, 11) is 0. The summed E-state index contributed by atoms with van der Waals surface area (Å²) in [4.78, 5) is 3.82. The fourth-order valence-corrected chi connectivity index (χ4v) is 0.823. The van der Waals surface area contributed by atoms with Gasteiger partial charge in [-0.25, -0.2) is 0 Å². The first kappa shape index (κ1) is 10.8. The summed E-state index contributed by atoms with van der Waals surface area (Å²) < 4.78 is 39.8. The van der Waals surface area contributed by atoms with Gasteiger partial charge in [0.2, 0.25) is 0 Å². The summed E-state index contributed by atoms with van der Waals surface area (Å²) in [6.45, 7) is -1.13. The minimum Gasteiger partial charge on any atom is -0.484 e. The predicted octanol–water partition coefficient (Wildman–Crippen LogP) is 1.48. The number of hydrogen-bond acceptors (Lipinski definition) is 3. The van der Waals surface area contributed by atoms with Crippen molar-refractivity contribution in [1.82, 2.24) is 4.98 Å². The van der Waals surface area contributed by atoms with Crippen LogP contribution in [-0.2, 0) is 6.54 Å². The Hall–Kier alpha value is -1.30. The van der Waals surface area contributed by atoms with Crippen molar-refractivity contribution in [2.45, 2.75) is 12.7 Å². The van der Waals surface area contributed by atoms with Gasteiger partial charge in [0.05, 0.1) is 5.69 Å². The number of nitrogens with two attached hydrogens (primary N) is 1. The fraction of sp³-hybridized carbons (Fsp3) is 0.375. The van der Waals surface area contributed by atoms with Crippen molar-refractivity contribution in [2.75, 3.05) is 6.61 Å². The highest BCUT2D eigenvalue weighted by Gasteiger charge is 2.28. The standard InChI is InChI=1S/C8H9F3N2O/c9-8(10,11)5-14-7-1-2-13-6(3-7)4-12/h1-3H,4-5,12H2. The van der Waals surface area contributed by atoms with E-state index < -0.39 is 12.8 Å². The summed E-state index contributed by atoms with van der Waals surface area (Å²) in [6, 6.07) is 2.73. The molecule has 6 heteroatoms.